The molecule has 0 bridgehead atoms. The van der Waals surface area contributed by atoms with E-state index >= 15 is 0 Å². The molecule has 48 valence electrons. The molecule has 0 N–H and O–H groups in total. The van der Waals surface area contributed by atoms with Crippen molar-refractivity contribution in [3.8, 4) is 5.95 Å². The molecule has 1 aromatic heterocycles. The molecule has 4 heteroatoms. The Morgan fingerprint density at radius 2 is 2.56 bits per heavy atom. The zero-order valence-electron chi connectivity index (χ0n) is 4.33. The van der Waals surface area contributed by atoms with Crippen molar-refractivity contribution in [3.05, 3.63) is 18.4 Å². The minimum Gasteiger partial charge on any atom is -0.434 e. The Bertz CT molecular complexity index is 192. The highest BCUT2D eigenvalue weighted by atomic mass is 35.5. The van der Waals surface area contributed by atoms with Gasteiger partial charge in [-0.2, -0.15) is 0 Å². The lowest BCUT2D eigenvalue weighted by Crippen LogP contribution is -1.93. The van der Waals surface area contributed by atoms with E-state index in [1.165, 1.54) is 12.3 Å². The molecule has 0 unspecified atom stereocenters. The third-order valence-electron chi connectivity index (χ3n) is 0.676. The van der Waals surface area contributed by atoms with Gasteiger partial charge in [-0.05, 0) is 6.07 Å². The Morgan fingerprint density at radius 3 is 3.00 bits per heavy atom. The molecule has 1 rings (SSSR count). The van der Waals surface area contributed by atoms with Gasteiger partial charge in [-0.1, -0.05) is 0 Å². The fourth-order valence-electron chi connectivity index (χ4n) is 0.401. The maximum absolute atomic E-state index is 9.99. The third-order valence-corrected chi connectivity index (χ3v) is 0.753. The maximum atomic E-state index is 9.99. The highest BCUT2D eigenvalue weighted by molar-refractivity contribution is 6.61. The predicted molar refractivity (Wildman–Crippen MR) is 30.6 cm³/mol. The quantitative estimate of drug-likeness (QED) is 0.569. The molecule has 0 saturated heterocycles. The Hall–Kier alpha value is -0.960. The van der Waals surface area contributed by atoms with Crippen molar-refractivity contribution in [1.82, 2.24) is 0 Å². The van der Waals surface area contributed by atoms with Gasteiger partial charge in [0.15, 0.2) is 0 Å². The van der Waals surface area contributed by atoms with Crippen molar-refractivity contribution in [2.45, 2.75) is 0 Å². The average Bonchev–Trinajstić information content (AvgIpc) is 2.15. The number of carbonyl (C=O) groups excluding carboxylic acids is 1. The molecule has 0 fully saturated rings. The minimum absolute atomic E-state index is 0.106. The molecule has 0 aliphatic rings. The van der Waals surface area contributed by atoms with Crippen LogP contribution in [0.5, 0.6) is 5.95 Å². The highest BCUT2D eigenvalue weighted by Gasteiger charge is 1.99. The summed E-state index contributed by atoms with van der Waals surface area (Å²) in [5, 5.41) is 0. The van der Waals surface area contributed by atoms with E-state index in [9.17, 15) is 4.79 Å². The Labute approximate surface area is 56.2 Å². The average molecular weight is 147 g/mol. The molecule has 0 saturated carbocycles. The van der Waals surface area contributed by atoms with Gasteiger partial charge in [0, 0.05) is 17.7 Å². The van der Waals surface area contributed by atoms with Gasteiger partial charge in [-0.3, -0.25) is 0 Å². The fourth-order valence-corrected chi connectivity index (χ4v) is 0.477. The molecule has 0 aromatic carbocycles. The molecule has 1 aromatic rings. The van der Waals surface area contributed by atoms with Crippen LogP contribution < -0.4 is 4.74 Å². The normalized spacial score (nSPS) is 9.00. The van der Waals surface area contributed by atoms with E-state index in [1.54, 1.807) is 6.07 Å². The molecule has 0 aliphatic carbocycles. The van der Waals surface area contributed by atoms with Gasteiger partial charge in [-0.15, -0.1) is 0 Å². The summed E-state index contributed by atoms with van der Waals surface area (Å²) in [4.78, 5) is 9.99. The van der Waals surface area contributed by atoms with Crippen molar-refractivity contribution in [1.29, 1.82) is 0 Å². The number of hydrogen-bond donors (Lipinski definition) is 0. The van der Waals surface area contributed by atoms with Crippen molar-refractivity contribution in [3.63, 3.8) is 0 Å². The topological polar surface area (TPSA) is 39.4 Å². The first kappa shape index (κ1) is 6.16. The standard InChI is InChI=1S/C5H3ClO3/c6-5(7)9-4-2-1-3-8-4/h1-3H. The molecule has 1 heterocycles. The molecule has 0 spiro atoms. The van der Waals surface area contributed by atoms with Gasteiger partial charge < -0.3 is 9.15 Å². The first-order valence-electron chi connectivity index (χ1n) is 2.20. The SMILES string of the molecule is O=C(Cl)Oc1ccco1. The molecular weight excluding hydrogens is 144 g/mol. The van der Waals surface area contributed by atoms with E-state index < -0.39 is 5.43 Å². The maximum Gasteiger partial charge on any atom is 0.411 e. The van der Waals surface area contributed by atoms with E-state index in [2.05, 4.69) is 9.15 Å². The lowest BCUT2D eigenvalue weighted by atomic mass is 10.7. The Morgan fingerprint density at radius 1 is 1.78 bits per heavy atom. The van der Waals surface area contributed by atoms with Gasteiger partial charge in [0.25, 0.3) is 5.95 Å². The first-order chi connectivity index (χ1) is 4.29. The number of rotatable bonds is 1. The van der Waals surface area contributed by atoms with E-state index in [0.29, 0.717) is 0 Å². The fraction of sp³-hybridized carbons (Fsp3) is 0. The lowest BCUT2D eigenvalue weighted by Gasteiger charge is -1.88. The van der Waals surface area contributed by atoms with Gasteiger partial charge in [0.1, 0.15) is 0 Å². The number of furan rings is 1. The summed E-state index contributed by atoms with van der Waals surface area (Å²) in [6, 6.07) is 3.08. The summed E-state index contributed by atoms with van der Waals surface area (Å²) in [7, 11) is 0. The third kappa shape index (κ3) is 1.77. The van der Waals surface area contributed by atoms with E-state index in [-0.39, 0.29) is 5.95 Å². The summed E-state index contributed by atoms with van der Waals surface area (Å²) in [6.45, 7) is 0. The van der Waals surface area contributed by atoms with Crippen LogP contribution >= 0.6 is 11.6 Å². The van der Waals surface area contributed by atoms with Gasteiger partial charge >= 0.3 is 5.43 Å². The molecule has 0 amide bonds. The highest BCUT2D eigenvalue weighted by Crippen LogP contribution is 2.10. The summed E-state index contributed by atoms with van der Waals surface area (Å²) in [5.74, 6) is 0.106. The zero-order chi connectivity index (χ0) is 6.69. The zero-order valence-corrected chi connectivity index (χ0v) is 5.09. The van der Waals surface area contributed by atoms with Crippen LogP contribution in [-0.4, -0.2) is 5.43 Å². The number of carbonyl (C=O) groups is 1. The largest absolute Gasteiger partial charge is 0.434 e. The second-order valence-corrected chi connectivity index (χ2v) is 1.58. The predicted octanol–water partition coefficient (Wildman–Crippen LogP) is 2.02. The van der Waals surface area contributed by atoms with Crippen LogP contribution in [0.1, 0.15) is 0 Å². The Balaban J connectivity index is 2.58. The second-order valence-electron chi connectivity index (χ2n) is 1.27. The number of ether oxygens (including phenoxy) is 1. The minimum atomic E-state index is -0.898. The number of hydrogen-bond acceptors (Lipinski definition) is 3. The summed E-state index contributed by atoms with van der Waals surface area (Å²) in [6.07, 6.45) is 1.38. The smallest absolute Gasteiger partial charge is 0.411 e. The van der Waals surface area contributed by atoms with Crippen molar-refractivity contribution < 1.29 is 13.9 Å². The monoisotopic (exact) mass is 146 g/mol. The number of halogens is 1. The van der Waals surface area contributed by atoms with Crippen molar-refractivity contribution in [2.24, 2.45) is 0 Å². The lowest BCUT2D eigenvalue weighted by molar-refractivity contribution is 0.213. The van der Waals surface area contributed by atoms with Crippen LogP contribution in [0.4, 0.5) is 4.79 Å². The van der Waals surface area contributed by atoms with Gasteiger partial charge in [-0.25, -0.2) is 4.79 Å². The van der Waals surface area contributed by atoms with Gasteiger partial charge in [0.2, 0.25) is 0 Å². The van der Waals surface area contributed by atoms with Crippen LogP contribution in [0.15, 0.2) is 22.8 Å². The molecule has 0 aliphatic heterocycles. The van der Waals surface area contributed by atoms with Crippen LogP contribution in [0.2, 0.25) is 0 Å². The summed E-state index contributed by atoms with van der Waals surface area (Å²) >= 11 is 4.85. The van der Waals surface area contributed by atoms with Crippen LogP contribution in [0, 0.1) is 0 Å². The van der Waals surface area contributed by atoms with E-state index in [1.807, 2.05) is 0 Å². The van der Waals surface area contributed by atoms with Crippen molar-refractivity contribution >= 4 is 17.0 Å². The summed E-state index contributed by atoms with van der Waals surface area (Å²) < 4.78 is 8.93. The molecular formula is C5H3ClO3. The van der Waals surface area contributed by atoms with Crippen molar-refractivity contribution in [2.75, 3.05) is 0 Å². The summed E-state index contributed by atoms with van der Waals surface area (Å²) in [5.41, 5.74) is -0.898. The van der Waals surface area contributed by atoms with Crippen LogP contribution in [-0.2, 0) is 0 Å². The molecule has 0 atom stereocenters. The second kappa shape index (κ2) is 2.55. The van der Waals surface area contributed by atoms with Gasteiger partial charge in [0.05, 0.1) is 6.26 Å². The first-order valence-corrected chi connectivity index (χ1v) is 2.57. The van der Waals surface area contributed by atoms with E-state index in [0.717, 1.165) is 0 Å². The molecule has 9 heavy (non-hydrogen) atoms. The Kier molecular flexibility index (Phi) is 1.75. The van der Waals surface area contributed by atoms with Crippen LogP contribution in [0.25, 0.3) is 0 Å². The van der Waals surface area contributed by atoms with Crippen LogP contribution in [0.3, 0.4) is 0 Å². The van der Waals surface area contributed by atoms with E-state index in [4.69, 9.17) is 11.6 Å². The molecule has 0 radical (unpaired) electrons. The molecule has 3 nitrogen and oxygen atoms in total.